The Bertz CT molecular complexity index is 1730. The number of hydrogen-bond donors (Lipinski definition) is 1. The maximum Gasteiger partial charge on any atom is 0.142 e. The van der Waals surface area contributed by atoms with Gasteiger partial charge in [-0.1, -0.05) is 65.7 Å². The SMILES string of the molecule is CC[N+](C)(C)Cc1cc(C2(c3ccc(OCCOCCOC)c(N(C)C)c3)c3cc(C)ccc3-c3ccc(C)cc32)ccc1COCCOCCO. The van der Waals surface area contributed by atoms with Crippen molar-refractivity contribution >= 4 is 5.69 Å². The van der Waals surface area contributed by atoms with Crippen LogP contribution in [-0.2, 0) is 37.5 Å². The Morgan fingerprint density at radius 1 is 0.673 bits per heavy atom. The lowest BCUT2D eigenvalue weighted by molar-refractivity contribution is -0.901. The zero-order valence-corrected chi connectivity index (χ0v) is 32.6. The lowest BCUT2D eigenvalue weighted by atomic mass is 9.66. The van der Waals surface area contributed by atoms with Crippen LogP contribution in [0, 0.1) is 13.8 Å². The number of fused-ring (bicyclic) bond motifs is 3. The van der Waals surface area contributed by atoms with Gasteiger partial charge in [0.15, 0.2) is 0 Å². The predicted octanol–water partition coefficient (Wildman–Crippen LogP) is 6.90. The van der Waals surface area contributed by atoms with E-state index >= 15 is 0 Å². The third kappa shape index (κ3) is 8.71. The van der Waals surface area contributed by atoms with Gasteiger partial charge in [0, 0.05) is 26.8 Å². The van der Waals surface area contributed by atoms with Crippen molar-refractivity contribution in [2.24, 2.45) is 0 Å². The van der Waals surface area contributed by atoms with Crippen LogP contribution >= 0.6 is 0 Å². The molecular weight excluding hydrogens is 652 g/mol. The maximum atomic E-state index is 9.08. The minimum absolute atomic E-state index is 0.0126. The van der Waals surface area contributed by atoms with Crippen LogP contribution in [0.2, 0.25) is 0 Å². The molecule has 4 aromatic carbocycles. The van der Waals surface area contributed by atoms with Crippen LogP contribution in [0.4, 0.5) is 5.69 Å². The fourth-order valence-electron chi connectivity index (χ4n) is 7.20. The van der Waals surface area contributed by atoms with Gasteiger partial charge in [0.1, 0.15) is 18.9 Å². The van der Waals surface area contributed by atoms with Crippen LogP contribution in [0.5, 0.6) is 5.75 Å². The number of aryl methyl sites for hydroxylation is 2. The normalized spacial score (nSPS) is 13.2. The van der Waals surface area contributed by atoms with Crippen LogP contribution in [-0.4, -0.2) is 104 Å². The van der Waals surface area contributed by atoms with Crippen LogP contribution in [0.3, 0.4) is 0 Å². The number of ether oxygens (including phenoxy) is 5. The second kappa shape index (κ2) is 17.8. The number of rotatable bonds is 20. The second-order valence-electron chi connectivity index (χ2n) is 14.7. The molecule has 52 heavy (non-hydrogen) atoms. The lowest BCUT2D eigenvalue weighted by Crippen LogP contribution is -2.38. The molecule has 0 fully saturated rings. The molecule has 8 heteroatoms. The van der Waals surface area contributed by atoms with E-state index in [2.05, 4.69) is 127 Å². The van der Waals surface area contributed by atoms with Crippen molar-refractivity contribution in [3.63, 3.8) is 0 Å². The molecule has 4 aromatic rings. The van der Waals surface area contributed by atoms with Crippen molar-refractivity contribution in [2.45, 2.75) is 39.3 Å². The topological polar surface area (TPSA) is 69.6 Å². The minimum Gasteiger partial charge on any atom is -0.489 e. The Morgan fingerprint density at radius 3 is 1.90 bits per heavy atom. The first-order chi connectivity index (χ1) is 25.0. The van der Waals surface area contributed by atoms with Crippen LogP contribution in [0.15, 0.2) is 72.8 Å². The summed E-state index contributed by atoms with van der Waals surface area (Å²) in [5.74, 6) is 0.823. The van der Waals surface area contributed by atoms with Crippen molar-refractivity contribution < 1.29 is 33.3 Å². The van der Waals surface area contributed by atoms with Gasteiger partial charge in [-0.25, -0.2) is 0 Å². The van der Waals surface area contributed by atoms with Crippen molar-refractivity contribution in [3.8, 4) is 16.9 Å². The van der Waals surface area contributed by atoms with Gasteiger partial charge >= 0.3 is 0 Å². The Balaban J connectivity index is 1.69. The van der Waals surface area contributed by atoms with E-state index < -0.39 is 5.41 Å². The highest BCUT2D eigenvalue weighted by Crippen LogP contribution is 2.57. The van der Waals surface area contributed by atoms with Crippen LogP contribution in [0.1, 0.15) is 51.4 Å². The molecular formula is C44H59N2O6+. The molecule has 8 nitrogen and oxygen atoms in total. The fraction of sp³-hybridized carbons (Fsp3) is 0.455. The van der Waals surface area contributed by atoms with Gasteiger partial charge in [0.2, 0.25) is 0 Å². The molecule has 0 bridgehead atoms. The van der Waals surface area contributed by atoms with E-state index in [0.29, 0.717) is 52.9 Å². The summed E-state index contributed by atoms with van der Waals surface area (Å²) in [4.78, 5) is 2.14. The van der Waals surface area contributed by atoms with Gasteiger partial charge < -0.3 is 38.2 Å². The molecule has 1 aliphatic carbocycles. The molecule has 0 saturated carbocycles. The molecule has 0 saturated heterocycles. The van der Waals surface area contributed by atoms with Gasteiger partial charge in [-0.15, -0.1) is 0 Å². The van der Waals surface area contributed by atoms with Gasteiger partial charge in [-0.05, 0) is 77.9 Å². The molecule has 1 aliphatic rings. The standard InChI is InChI=1S/C44H59N2O6/c1-9-46(6,7)30-35-28-36(13-12-34(35)31-51-23-22-49-19-18-47)44(40-26-32(2)10-15-38(40)39-16-11-33(3)27-41(39)44)37-14-17-43(42(29-37)45(4)5)52-25-24-50-21-20-48-8/h10-17,26-29,47H,9,18-25,30-31H2,1-8H3/q+1. The average molecular weight is 712 g/mol. The summed E-state index contributed by atoms with van der Waals surface area (Å²) in [7, 11) is 10.4. The molecule has 1 N–H and O–H groups in total. The molecule has 0 amide bonds. The van der Waals surface area contributed by atoms with E-state index in [4.69, 9.17) is 28.8 Å². The molecule has 0 heterocycles. The largest absolute Gasteiger partial charge is 0.489 e. The molecule has 0 radical (unpaired) electrons. The van der Waals surface area contributed by atoms with E-state index in [1.54, 1.807) is 7.11 Å². The number of methoxy groups -OCH3 is 1. The highest BCUT2D eigenvalue weighted by atomic mass is 16.5. The Hall–Kier alpha value is -3.76. The van der Waals surface area contributed by atoms with Crippen LogP contribution < -0.4 is 9.64 Å². The molecule has 5 rings (SSSR count). The second-order valence-corrected chi connectivity index (χ2v) is 14.7. The number of benzene rings is 4. The summed E-state index contributed by atoms with van der Waals surface area (Å²) >= 11 is 0. The zero-order valence-electron chi connectivity index (χ0n) is 32.6. The summed E-state index contributed by atoms with van der Waals surface area (Å²) in [5.41, 5.74) is 12.9. The van der Waals surface area contributed by atoms with Crippen molar-refractivity contribution in [2.75, 3.05) is 99.6 Å². The molecule has 0 aromatic heterocycles. The minimum atomic E-state index is -0.578. The first kappa shape index (κ1) is 39.4. The molecule has 280 valence electrons. The third-order valence-corrected chi connectivity index (χ3v) is 10.2. The molecule has 0 spiro atoms. The molecule has 0 unspecified atom stereocenters. The molecule has 0 atom stereocenters. The van der Waals surface area contributed by atoms with E-state index in [0.717, 1.165) is 29.0 Å². The Morgan fingerprint density at radius 2 is 1.27 bits per heavy atom. The van der Waals surface area contributed by atoms with Gasteiger partial charge in [-0.3, -0.25) is 0 Å². The summed E-state index contributed by atoms with van der Waals surface area (Å²) in [5, 5.41) is 9.08. The Labute approximate surface area is 311 Å². The van der Waals surface area contributed by atoms with E-state index in [9.17, 15) is 0 Å². The zero-order chi connectivity index (χ0) is 37.3. The molecule has 0 aliphatic heterocycles. The van der Waals surface area contributed by atoms with Gasteiger partial charge in [0.05, 0.1) is 84.6 Å². The summed E-state index contributed by atoms with van der Waals surface area (Å²) in [6, 6.07) is 27.6. The van der Waals surface area contributed by atoms with E-state index in [1.807, 2.05) is 0 Å². The first-order valence-electron chi connectivity index (χ1n) is 18.5. The summed E-state index contributed by atoms with van der Waals surface area (Å²) in [6.07, 6.45) is 0. The van der Waals surface area contributed by atoms with Crippen molar-refractivity contribution in [3.05, 3.63) is 117 Å². The number of hydrogen-bond acceptors (Lipinski definition) is 7. The number of aliphatic hydroxyl groups is 1. The summed E-state index contributed by atoms with van der Waals surface area (Å²) < 4.78 is 29.6. The highest BCUT2D eigenvalue weighted by molar-refractivity contribution is 5.87. The first-order valence-corrected chi connectivity index (χ1v) is 18.5. The van der Waals surface area contributed by atoms with Crippen LogP contribution in [0.25, 0.3) is 11.1 Å². The lowest BCUT2D eigenvalue weighted by Gasteiger charge is -2.36. The third-order valence-electron chi connectivity index (χ3n) is 10.2. The number of aliphatic hydroxyl groups excluding tert-OH is 1. The number of quaternary nitrogens is 1. The van der Waals surface area contributed by atoms with Gasteiger partial charge in [-0.2, -0.15) is 0 Å². The maximum absolute atomic E-state index is 9.08. The van der Waals surface area contributed by atoms with E-state index in [1.165, 1.54) is 55.6 Å². The summed E-state index contributed by atoms with van der Waals surface area (Å²) in [6.45, 7) is 12.3. The van der Waals surface area contributed by atoms with Crippen molar-refractivity contribution in [1.82, 2.24) is 0 Å². The Kier molecular flexibility index (Phi) is 13.5. The fourth-order valence-corrected chi connectivity index (χ4v) is 7.20. The van der Waals surface area contributed by atoms with Crippen molar-refractivity contribution in [1.29, 1.82) is 0 Å². The monoisotopic (exact) mass is 711 g/mol. The quantitative estimate of drug-likeness (QED) is 0.0697. The number of nitrogens with zero attached hydrogens (tertiary/aromatic N) is 2. The van der Waals surface area contributed by atoms with E-state index in [-0.39, 0.29) is 6.61 Å². The average Bonchev–Trinajstić information content (AvgIpc) is 3.40. The number of anilines is 1. The highest BCUT2D eigenvalue weighted by Gasteiger charge is 2.47. The predicted molar refractivity (Wildman–Crippen MR) is 210 cm³/mol. The van der Waals surface area contributed by atoms with Gasteiger partial charge in [0.25, 0.3) is 0 Å². The smallest absolute Gasteiger partial charge is 0.142 e.